The summed E-state index contributed by atoms with van der Waals surface area (Å²) >= 11 is 1.52. The van der Waals surface area contributed by atoms with E-state index in [2.05, 4.69) is 12.2 Å². The van der Waals surface area contributed by atoms with E-state index in [4.69, 9.17) is 0 Å². The van der Waals surface area contributed by atoms with Crippen molar-refractivity contribution < 1.29 is 4.79 Å². The molecule has 2 nitrogen and oxygen atoms in total. The number of carbonyl (C=O) groups is 1. The van der Waals surface area contributed by atoms with E-state index in [9.17, 15) is 4.79 Å². The topological polar surface area (TPSA) is 29.1 Å². The van der Waals surface area contributed by atoms with Crippen LogP contribution < -0.4 is 5.32 Å². The van der Waals surface area contributed by atoms with Crippen LogP contribution in [-0.4, -0.2) is 11.9 Å². The molecule has 2 rings (SSSR count). The molecule has 2 unspecified atom stereocenters. The van der Waals surface area contributed by atoms with Gasteiger partial charge in [-0.15, -0.1) is 11.3 Å². The highest BCUT2D eigenvalue weighted by Gasteiger charge is 2.28. The van der Waals surface area contributed by atoms with Gasteiger partial charge in [0.1, 0.15) is 0 Å². The van der Waals surface area contributed by atoms with Gasteiger partial charge in [0.05, 0.1) is 4.88 Å². The Labute approximate surface area is 107 Å². The maximum Gasteiger partial charge on any atom is 0.261 e. The SMILES string of the molecule is CCCCC1CCCC1NC(=O)c1cccs1. The Kier molecular flexibility index (Phi) is 4.60. The molecule has 1 fully saturated rings. The molecule has 0 spiro atoms. The van der Waals surface area contributed by atoms with Crippen LogP contribution in [0, 0.1) is 5.92 Å². The smallest absolute Gasteiger partial charge is 0.261 e. The van der Waals surface area contributed by atoms with Crippen molar-refractivity contribution in [1.29, 1.82) is 0 Å². The third-order valence-electron chi connectivity index (χ3n) is 3.65. The molecule has 1 heterocycles. The maximum absolute atomic E-state index is 12.0. The maximum atomic E-state index is 12.0. The van der Waals surface area contributed by atoms with E-state index in [1.807, 2.05) is 17.5 Å². The summed E-state index contributed by atoms with van der Waals surface area (Å²) in [5, 5.41) is 5.17. The highest BCUT2D eigenvalue weighted by molar-refractivity contribution is 7.12. The summed E-state index contributed by atoms with van der Waals surface area (Å²) in [5.41, 5.74) is 0. The van der Waals surface area contributed by atoms with Crippen LogP contribution in [0.4, 0.5) is 0 Å². The summed E-state index contributed by atoms with van der Waals surface area (Å²) in [4.78, 5) is 12.8. The molecule has 1 aliphatic carbocycles. The van der Waals surface area contributed by atoms with Crippen molar-refractivity contribution in [3.05, 3.63) is 22.4 Å². The Morgan fingerprint density at radius 3 is 3.12 bits per heavy atom. The van der Waals surface area contributed by atoms with E-state index in [-0.39, 0.29) is 5.91 Å². The Morgan fingerprint density at radius 2 is 2.41 bits per heavy atom. The van der Waals surface area contributed by atoms with Crippen LogP contribution in [0.15, 0.2) is 17.5 Å². The van der Waals surface area contributed by atoms with Crippen LogP contribution >= 0.6 is 11.3 Å². The van der Waals surface area contributed by atoms with Gasteiger partial charge < -0.3 is 5.32 Å². The monoisotopic (exact) mass is 251 g/mol. The fraction of sp³-hybridized carbons (Fsp3) is 0.643. The van der Waals surface area contributed by atoms with Gasteiger partial charge >= 0.3 is 0 Å². The first-order valence-electron chi connectivity index (χ1n) is 6.65. The first-order valence-corrected chi connectivity index (χ1v) is 7.53. The molecular formula is C14H21NOS. The van der Waals surface area contributed by atoms with Gasteiger partial charge in [-0.25, -0.2) is 0 Å². The minimum Gasteiger partial charge on any atom is -0.348 e. The van der Waals surface area contributed by atoms with E-state index in [1.54, 1.807) is 0 Å². The van der Waals surface area contributed by atoms with E-state index in [0.717, 1.165) is 11.3 Å². The molecule has 1 aromatic rings. The molecular weight excluding hydrogens is 230 g/mol. The second-order valence-electron chi connectivity index (χ2n) is 4.89. The van der Waals surface area contributed by atoms with Gasteiger partial charge in [0.15, 0.2) is 0 Å². The Hall–Kier alpha value is -0.830. The number of nitrogens with one attached hydrogen (secondary N) is 1. The summed E-state index contributed by atoms with van der Waals surface area (Å²) in [6.45, 7) is 2.23. The summed E-state index contributed by atoms with van der Waals surface area (Å²) < 4.78 is 0. The van der Waals surface area contributed by atoms with Gasteiger partial charge in [0.25, 0.3) is 5.91 Å². The second kappa shape index (κ2) is 6.20. The van der Waals surface area contributed by atoms with Crippen LogP contribution in [-0.2, 0) is 0 Å². The molecule has 0 aliphatic heterocycles. The molecule has 1 amide bonds. The summed E-state index contributed by atoms with van der Waals surface area (Å²) in [7, 11) is 0. The fourth-order valence-electron chi connectivity index (χ4n) is 2.69. The van der Waals surface area contributed by atoms with Crippen molar-refractivity contribution in [1.82, 2.24) is 5.32 Å². The van der Waals surface area contributed by atoms with Crippen molar-refractivity contribution >= 4 is 17.2 Å². The van der Waals surface area contributed by atoms with Crippen LogP contribution in [0.25, 0.3) is 0 Å². The number of rotatable bonds is 5. The van der Waals surface area contributed by atoms with Crippen molar-refractivity contribution in [2.45, 2.75) is 51.5 Å². The van der Waals surface area contributed by atoms with Crippen LogP contribution in [0.1, 0.15) is 55.1 Å². The van der Waals surface area contributed by atoms with Gasteiger partial charge in [-0.2, -0.15) is 0 Å². The Balaban J connectivity index is 1.87. The zero-order valence-electron chi connectivity index (χ0n) is 10.4. The van der Waals surface area contributed by atoms with Crippen molar-refractivity contribution in [3.8, 4) is 0 Å². The normalized spacial score (nSPS) is 23.8. The average Bonchev–Trinajstić information content (AvgIpc) is 2.97. The first-order chi connectivity index (χ1) is 8.31. The number of hydrogen-bond donors (Lipinski definition) is 1. The quantitative estimate of drug-likeness (QED) is 0.846. The minimum atomic E-state index is 0.119. The van der Waals surface area contributed by atoms with Gasteiger partial charge in [0, 0.05) is 6.04 Å². The predicted octanol–water partition coefficient (Wildman–Crippen LogP) is 3.84. The lowest BCUT2D eigenvalue weighted by molar-refractivity contribution is 0.0930. The number of thiophene rings is 1. The lowest BCUT2D eigenvalue weighted by atomic mass is 9.97. The number of hydrogen-bond acceptors (Lipinski definition) is 2. The van der Waals surface area contributed by atoms with Gasteiger partial charge in [-0.1, -0.05) is 32.3 Å². The number of unbranched alkanes of at least 4 members (excludes halogenated alkanes) is 1. The summed E-state index contributed by atoms with van der Waals surface area (Å²) in [6, 6.07) is 4.25. The van der Waals surface area contributed by atoms with E-state index in [0.29, 0.717) is 12.0 Å². The second-order valence-corrected chi connectivity index (χ2v) is 5.84. The van der Waals surface area contributed by atoms with Crippen LogP contribution in [0.3, 0.4) is 0 Å². The van der Waals surface area contributed by atoms with Crippen LogP contribution in [0.5, 0.6) is 0 Å². The summed E-state index contributed by atoms with van der Waals surface area (Å²) in [5.74, 6) is 0.826. The molecule has 94 valence electrons. The van der Waals surface area contributed by atoms with Crippen molar-refractivity contribution in [3.63, 3.8) is 0 Å². The van der Waals surface area contributed by atoms with Gasteiger partial charge in [0.2, 0.25) is 0 Å². The van der Waals surface area contributed by atoms with E-state index < -0.39 is 0 Å². The predicted molar refractivity (Wildman–Crippen MR) is 72.4 cm³/mol. The molecule has 0 bridgehead atoms. The lowest BCUT2D eigenvalue weighted by Gasteiger charge is -2.20. The van der Waals surface area contributed by atoms with E-state index >= 15 is 0 Å². The molecule has 0 aromatic carbocycles. The molecule has 2 atom stereocenters. The first kappa shape index (κ1) is 12.6. The van der Waals surface area contributed by atoms with Crippen LogP contribution in [0.2, 0.25) is 0 Å². The molecule has 1 aliphatic rings. The lowest BCUT2D eigenvalue weighted by Crippen LogP contribution is -2.36. The molecule has 1 aromatic heterocycles. The molecule has 0 radical (unpaired) electrons. The minimum absolute atomic E-state index is 0.119. The zero-order chi connectivity index (χ0) is 12.1. The van der Waals surface area contributed by atoms with Crippen molar-refractivity contribution in [2.75, 3.05) is 0 Å². The molecule has 3 heteroatoms. The Morgan fingerprint density at radius 1 is 1.53 bits per heavy atom. The third kappa shape index (κ3) is 3.32. The number of carbonyl (C=O) groups excluding carboxylic acids is 1. The van der Waals surface area contributed by atoms with Crippen molar-refractivity contribution in [2.24, 2.45) is 5.92 Å². The van der Waals surface area contributed by atoms with Gasteiger partial charge in [-0.3, -0.25) is 4.79 Å². The largest absolute Gasteiger partial charge is 0.348 e. The molecule has 1 saturated carbocycles. The third-order valence-corrected chi connectivity index (χ3v) is 4.52. The average molecular weight is 251 g/mol. The van der Waals surface area contributed by atoms with Gasteiger partial charge in [-0.05, 0) is 36.6 Å². The molecule has 0 saturated heterocycles. The molecule has 1 N–H and O–H groups in total. The highest BCUT2D eigenvalue weighted by atomic mass is 32.1. The standard InChI is InChI=1S/C14H21NOS/c1-2-3-6-11-7-4-8-12(11)15-14(16)13-9-5-10-17-13/h5,9-12H,2-4,6-8H2,1H3,(H,15,16). The zero-order valence-corrected chi connectivity index (χ0v) is 11.3. The number of amides is 1. The Bertz CT molecular complexity index is 347. The fourth-order valence-corrected chi connectivity index (χ4v) is 3.31. The summed E-state index contributed by atoms with van der Waals surface area (Å²) in [6.07, 6.45) is 7.52. The van der Waals surface area contributed by atoms with E-state index in [1.165, 1.54) is 43.4 Å². The molecule has 17 heavy (non-hydrogen) atoms. The highest BCUT2D eigenvalue weighted by Crippen LogP contribution is 2.30.